The summed E-state index contributed by atoms with van der Waals surface area (Å²) in [5, 5.41) is 6.01. The summed E-state index contributed by atoms with van der Waals surface area (Å²) < 4.78 is 7.40. The average Bonchev–Trinajstić information content (AvgIpc) is 3.20. The molecular formula is C17H22N4O2. The number of aryl methyl sites for hydroxylation is 1. The molecule has 2 aromatic rings. The van der Waals surface area contributed by atoms with E-state index in [-0.39, 0.29) is 18.1 Å². The first-order valence-corrected chi connectivity index (χ1v) is 7.87. The van der Waals surface area contributed by atoms with Gasteiger partial charge in [0.05, 0.1) is 31.2 Å². The van der Waals surface area contributed by atoms with Crippen molar-refractivity contribution in [3.63, 3.8) is 0 Å². The van der Waals surface area contributed by atoms with Crippen LogP contribution in [0.2, 0.25) is 0 Å². The number of urea groups is 1. The molecule has 2 N–H and O–H groups in total. The van der Waals surface area contributed by atoms with Gasteiger partial charge in [-0.2, -0.15) is 0 Å². The summed E-state index contributed by atoms with van der Waals surface area (Å²) in [5.41, 5.74) is 1.68. The van der Waals surface area contributed by atoms with Gasteiger partial charge in [0.2, 0.25) is 0 Å². The van der Waals surface area contributed by atoms with Crippen molar-refractivity contribution in [1.29, 1.82) is 0 Å². The van der Waals surface area contributed by atoms with Crippen LogP contribution in [-0.4, -0.2) is 28.7 Å². The Morgan fingerprint density at radius 3 is 3.00 bits per heavy atom. The molecule has 122 valence electrons. The molecule has 0 aliphatic heterocycles. The molecule has 1 saturated carbocycles. The quantitative estimate of drug-likeness (QED) is 0.911. The highest BCUT2D eigenvalue weighted by molar-refractivity contribution is 5.92. The van der Waals surface area contributed by atoms with Gasteiger partial charge in [-0.05, 0) is 37.8 Å². The lowest BCUT2D eigenvalue weighted by Crippen LogP contribution is -2.40. The van der Waals surface area contributed by atoms with Crippen molar-refractivity contribution in [2.24, 2.45) is 0 Å². The summed E-state index contributed by atoms with van der Waals surface area (Å²) in [4.78, 5) is 16.5. The van der Waals surface area contributed by atoms with Crippen LogP contribution < -0.4 is 15.4 Å². The molecule has 1 aliphatic rings. The van der Waals surface area contributed by atoms with E-state index in [4.69, 9.17) is 4.74 Å². The van der Waals surface area contributed by atoms with E-state index in [0.717, 1.165) is 24.8 Å². The number of nitrogens with zero attached hydrogens (tertiary/aromatic N) is 2. The number of amides is 2. The standard InChI is InChI=1S/C17H22N4O2/c1-12-5-3-8-15(23-2)16(12)20-17(22)19-13-6-4-7-14(13)21-10-9-18-11-21/h3,5,8-11,13-14H,4,6-7H2,1-2H3,(H2,19,20,22)/t13-,14+/m1/s1. The molecule has 1 fully saturated rings. The summed E-state index contributed by atoms with van der Waals surface area (Å²) in [7, 11) is 1.60. The first kappa shape index (κ1) is 15.4. The van der Waals surface area contributed by atoms with Crippen molar-refractivity contribution in [3.05, 3.63) is 42.5 Å². The van der Waals surface area contributed by atoms with Gasteiger partial charge in [-0.3, -0.25) is 0 Å². The average molecular weight is 314 g/mol. The molecule has 6 nitrogen and oxygen atoms in total. The number of benzene rings is 1. The first-order chi connectivity index (χ1) is 11.2. The molecule has 1 aliphatic carbocycles. The van der Waals surface area contributed by atoms with Crippen LogP contribution in [0.4, 0.5) is 10.5 Å². The lowest BCUT2D eigenvalue weighted by Gasteiger charge is -2.23. The Kier molecular flexibility index (Phi) is 4.50. The van der Waals surface area contributed by atoms with Gasteiger partial charge in [0.15, 0.2) is 0 Å². The van der Waals surface area contributed by atoms with Gasteiger partial charge < -0.3 is 19.9 Å². The normalized spacial score (nSPS) is 20.3. The zero-order valence-electron chi connectivity index (χ0n) is 13.5. The molecule has 3 rings (SSSR count). The van der Waals surface area contributed by atoms with Crippen LogP contribution in [0.1, 0.15) is 30.9 Å². The van der Waals surface area contributed by atoms with Crippen molar-refractivity contribution in [2.75, 3.05) is 12.4 Å². The molecule has 2 atom stereocenters. The molecule has 6 heteroatoms. The fourth-order valence-electron chi connectivity index (χ4n) is 3.22. The van der Waals surface area contributed by atoms with Crippen LogP contribution in [0.25, 0.3) is 0 Å². The monoisotopic (exact) mass is 314 g/mol. The highest BCUT2D eigenvalue weighted by Gasteiger charge is 2.29. The maximum Gasteiger partial charge on any atom is 0.319 e. The number of hydrogen-bond donors (Lipinski definition) is 2. The lowest BCUT2D eigenvalue weighted by molar-refractivity contribution is 0.245. The van der Waals surface area contributed by atoms with Crippen LogP contribution >= 0.6 is 0 Å². The Morgan fingerprint density at radius 1 is 1.39 bits per heavy atom. The number of carbonyl (C=O) groups excluding carboxylic acids is 1. The molecule has 1 aromatic carbocycles. The number of carbonyl (C=O) groups is 1. The molecule has 1 aromatic heterocycles. The number of rotatable bonds is 4. The third-order valence-corrected chi connectivity index (χ3v) is 4.40. The predicted molar refractivity (Wildman–Crippen MR) is 88.8 cm³/mol. The fourth-order valence-corrected chi connectivity index (χ4v) is 3.22. The largest absolute Gasteiger partial charge is 0.495 e. The summed E-state index contributed by atoms with van der Waals surface area (Å²) in [6, 6.07) is 5.87. The Balaban J connectivity index is 1.68. The van der Waals surface area contributed by atoms with Crippen LogP contribution in [-0.2, 0) is 0 Å². The molecule has 0 spiro atoms. The van der Waals surface area contributed by atoms with Gasteiger partial charge in [0.25, 0.3) is 0 Å². The topological polar surface area (TPSA) is 68.2 Å². The van der Waals surface area contributed by atoms with Crippen molar-refractivity contribution in [2.45, 2.75) is 38.3 Å². The second-order valence-corrected chi connectivity index (χ2v) is 5.87. The molecule has 2 amide bonds. The van der Waals surface area contributed by atoms with E-state index in [0.29, 0.717) is 11.4 Å². The summed E-state index contributed by atoms with van der Waals surface area (Å²) >= 11 is 0. The molecule has 23 heavy (non-hydrogen) atoms. The molecular weight excluding hydrogens is 292 g/mol. The minimum atomic E-state index is -0.199. The third kappa shape index (κ3) is 3.31. The van der Waals surface area contributed by atoms with Crippen LogP contribution in [0.3, 0.4) is 0 Å². The Morgan fingerprint density at radius 2 is 2.26 bits per heavy atom. The summed E-state index contributed by atoms with van der Waals surface area (Å²) in [5.74, 6) is 0.665. The molecule has 0 bridgehead atoms. The van der Waals surface area contributed by atoms with Gasteiger partial charge in [0.1, 0.15) is 5.75 Å². The third-order valence-electron chi connectivity index (χ3n) is 4.40. The number of anilines is 1. The van der Waals surface area contributed by atoms with Crippen molar-refractivity contribution in [1.82, 2.24) is 14.9 Å². The van der Waals surface area contributed by atoms with Gasteiger partial charge >= 0.3 is 6.03 Å². The fraction of sp³-hybridized carbons (Fsp3) is 0.412. The van der Waals surface area contributed by atoms with Crippen molar-refractivity contribution in [3.8, 4) is 5.75 Å². The maximum atomic E-state index is 12.4. The number of para-hydroxylation sites is 1. The van der Waals surface area contributed by atoms with Gasteiger partial charge in [-0.15, -0.1) is 0 Å². The molecule has 0 radical (unpaired) electrons. The molecule has 0 saturated heterocycles. The summed E-state index contributed by atoms with van der Waals surface area (Å²) in [6.07, 6.45) is 8.66. The molecule has 1 heterocycles. The Bertz CT molecular complexity index is 669. The minimum absolute atomic E-state index is 0.110. The van der Waals surface area contributed by atoms with E-state index in [1.54, 1.807) is 13.3 Å². The highest BCUT2D eigenvalue weighted by Crippen LogP contribution is 2.31. The van der Waals surface area contributed by atoms with E-state index in [2.05, 4.69) is 20.2 Å². The maximum absolute atomic E-state index is 12.4. The highest BCUT2D eigenvalue weighted by atomic mass is 16.5. The summed E-state index contributed by atoms with van der Waals surface area (Å²) in [6.45, 7) is 1.95. The number of nitrogens with one attached hydrogen (secondary N) is 2. The van der Waals surface area contributed by atoms with E-state index in [1.165, 1.54) is 0 Å². The lowest BCUT2D eigenvalue weighted by atomic mass is 10.1. The first-order valence-electron chi connectivity index (χ1n) is 7.87. The van der Waals surface area contributed by atoms with Gasteiger partial charge in [0, 0.05) is 12.4 Å². The number of methoxy groups -OCH3 is 1. The van der Waals surface area contributed by atoms with E-state index < -0.39 is 0 Å². The van der Waals surface area contributed by atoms with E-state index >= 15 is 0 Å². The van der Waals surface area contributed by atoms with Crippen molar-refractivity contribution >= 4 is 11.7 Å². The number of hydrogen-bond acceptors (Lipinski definition) is 3. The van der Waals surface area contributed by atoms with E-state index in [1.807, 2.05) is 37.6 Å². The smallest absolute Gasteiger partial charge is 0.319 e. The number of imidazole rings is 1. The van der Waals surface area contributed by atoms with Crippen LogP contribution in [0.15, 0.2) is 36.9 Å². The Labute approximate surface area is 135 Å². The van der Waals surface area contributed by atoms with Crippen molar-refractivity contribution < 1.29 is 9.53 Å². The van der Waals surface area contributed by atoms with Crippen LogP contribution in [0.5, 0.6) is 5.75 Å². The number of ether oxygens (including phenoxy) is 1. The number of aromatic nitrogens is 2. The molecule has 0 unspecified atom stereocenters. The predicted octanol–water partition coefficient (Wildman–Crippen LogP) is 3.12. The Hall–Kier alpha value is -2.50. The second kappa shape index (κ2) is 6.73. The van der Waals surface area contributed by atoms with Gasteiger partial charge in [-0.1, -0.05) is 12.1 Å². The zero-order chi connectivity index (χ0) is 16.2. The van der Waals surface area contributed by atoms with E-state index in [9.17, 15) is 4.79 Å². The SMILES string of the molecule is COc1cccc(C)c1NC(=O)N[C@@H]1CCC[C@@H]1n1ccnc1. The van der Waals surface area contributed by atoms with Gasteiger partial charge in [-0.25, -0.2) is 9.78 Å². The second-order valence-electron chi connectivity index (χ2n) is 5.87. The minimum Gasteiger partial charge on any atom is -0.495 e. The zero-order valence-corrected chi connectivity index (χ0v) is 13.5. The van der Waals surface area contributed by atoms with Crippen LogP contribution in [0, 0.1) is 6.92 Å².